The molecule has 0 fully saturated rings. The lowest BCUT2D eigenvalue weighted by molar-refractivity contribution is -0.123. The molecule has 0 aliphatic rings. The van der Waals surface area contributed by atoms with Gasteiger partial charge in [0.1, 0.15) is 5.82 Å². The normalized spacial score (nSPS) is 11.1. The number of carbonyl (C=O) groups excluding carboxylic acids is 2. The molecule has 4 nitrogen and oxygen atoms in total. The van der Waals surface area contributed by atoms with Crippen molar-refractivity contribution in [3.05, 3.63) is 57.8 Å². The molecule has 0 spiro atoms. The van der Waals surface area contributed by atoms with Gasteiger partial charge < -0.3 is 10.6 Å². The van der Waals surface area contributed by atoms with E-state index in [1.54, 1.807) is 45.0 Å². The quantitative estimate of drug-likeness (QED) is 0.701. The van der Waals surface area contributed by atoms with E-state index >= 15 is 0 Å². The van der Waals surface area contributed by atoms with Gasteiger partial charge in [-0.2, -0.15) is 0 Å². The highest BCUT2D eigenvalue weighted by Crippen LogP contribution is 2.26. The molecular formula is C18H17Cl2FN2O2. The molecule has 2 aromatic carbocycles. The van der Waals surface area contributed by atoms with Crippen LogP contribution in [0.1, 0.15) is 31.1 Å². The first-order valence-electron chi connectivity index (χ1n) is 7.45. The van der Waals surface area contributed by atoms with Gasteiger partial charge in [0, 0.05) is 16.8 Å². The maximum atomic E-state index is 13.6. The van der Waals surface area contributed by atoms with E-state index in [1.165, 1.54) is 6.07 Å². The van der Waals surface area contributed by atoms with Crippen molar-refractivity contribution in [2.45, 2.75) is 20.8 Å². The predicted molar refractivity (Wildman–Crippen MR) is 98.9 cm³/mol. The lowest BCUT2D eigenvalue weighted by Crippen LogP contribution is -2.27. The Hall–Kier alpha value is -2.11. The molecule has 2 rings (SSSR count). The number of hydrogen-bond acceptors (Lipinski definition) is 2. The average Bonchev–Trinajstić information content (AvgIpc) is 2.50. The Morgan fingerprint density at radius 3 is 2.16 bits per heavy atom. The molecule has 2 aromatic rings. The van der Waals surface area contributed by atoms with E-state index in [0.29, 0.717) is 11.4 Å². The molecule has 25 heavy (non-hydrogen) atoms. The molecule has 0 saturated carbocycles. The summed E-state index contributed by atoms with van der Waals surface area (Å²) in [6.07, 6.45) is 0. The van der Waals surface area contributed by atoms with Crippen LogP contribution in [-0.2, 0) is 4.79 Å². The van der Waals surface area contributed by atoms with Crippen molar-refractivity contribution >= 4 is 46.4 Å². The van der Waals surface area contributed by atoms with Crippen molar-refractivity contribution in [3.63, 3.8) is 0 Å². The van der Waals surface area contributed by atoms with Crippen LogP contribution in [0.4, 0.5) is 15.8 Å². The average molecular weight is 383 g/mol. The van der Waals surface area contributed by atoms with Gasteiger partial charge in [0.05, 0.1) is 15.6 Å². The van der Waals surface area contributed by atoms with Gasteiger partial charge in [-0.3, -0.25) is 9.59 Å². The van der Waals surface area contributed by atoms with Crippen LogP contribution in [0.3, 0.4) is 0 Å². The highest BCUT2D eigenvalue weighted by atomic mass is 35.5. The number of nitrogens with one attached hydrogen (secondary N) is 2. The van der Waals surface area contributed by atoms with Gasteiger partial charge in [-0.15, -0.1) is 0 Å². The lowest BCUT2D eigenvalue weighted by Gasteiger charge is -2.18. The van der Waals surface area contributed by atoms with Crippen LogP contribution >= 0.6 is 23.2 Å². The molecule has 0 aromatic heterocycles. The Bertz CT molecular complexity index is 832. The van der Waals surface area contributed by atoms with Gasteiger partial charge in [0.2, 0.25) is 5.91 Å². The second-order valence-corrected chi connectivity index (χ2v) is 7.30. The smallest absolute Gasteiger partial charge is 0.257 e. The van der Waals surface area contributed by atoms with Crippen LogP contribution in [0.25, 0.3) is 0 Å². The number of rotatable bonds is 3. The minimum Gasteiger partial charge on any atom is -0.326 e. The number of amides is 2. The summed E-state index contributed by atoms with van der Waals surface area (Å²) in [6, 6.07) is 8.78. The molecule has 2 N–H and O–H groups in total. The van der Waals surface area contributed by atoms with Crippen molar-refractivity contribution in [2.24, 2.45) is 5.41 Å². The molecule has 0 radical (unpaired) electrons. The van der Waals surface area contributed by atoms with Crippen LogP contribution in [0.15, 0.2) is 36.4 Å². The number of benzene rings is 2. The first kappa shape index (κ1) is 19.2. The first-order valence-corrected chi connectivity index (χ1v) is 8.21. The number of halogens is 3. The SMILES string of the molecule is CC(C)(C)C(=O)Nc1cccc(NC(=O)c2cc(F)c(Cl)cc2Cl)c1. The third-order valence-corrected chi connectivity index (χ3v) is 3.92. The first-order chi connectivity index (χ1) is 11.6. The maximum absolute atomic E-state index is 13.6. The molecule has 0 unspecified atom stereocenters. The van der Waals surface area contributed by atoms with Crippen LogP contribution in [-0.4, -0.2) is 11.8 Å². The predicted octanol–water partition coefficient (Wildman–Crippen LogP) is 5.37. The number of anilines is 2. The second-order valence-electron chi connectivity index (χ2n) is 6.49. The zero-order chi connectivity index (χ0) is 18.8. The molecule has 0 aliphatic heterocycles. The molecule has 0 bridgehead atoms. The highest BCUT2D eigenvalue weighted by Gasteiger charge is 2.21. The summed E-state index contributed by atoms with van der Waals surface area (Å²) in [5, 5.41) is 5.27. The second kappa shape index (κ2) is 7.42. The Kier molecular flexibility index (Phi) is 5.70. The Morgan fingerprint density at radius 2 is 1.56 bits per heavy atom. The molecule has 132 valence electrons. The van der Waals surface area contributed by atoms with E-state index in [4.69, 9.17) is 23.2 Å². The zero-order valence-electron chi connectivity index (χ0n) is 13.9. The van der Waals surface area contributed by atoms with Crippen LogP contribution in [0, 0.1) is 11.2 Å². The molecule has 0 heterocycles. The monoisotopic (exact) mass is 382 g/mol. The lowest BCUT2D eigenvalue weighted by atomic mass is 9.95. The highest BCUT2D eigenvalue weighted by molar-refractivity contribution is 6.37. The van der Waals surface area contributed by atoms with Crippen LogP contribution in [0.5, 0.6) is 0 Å². The Morgan fingerprint density at radius 1 is 0.960 bits per heavy atom. The third-order valence-electron chi connectivity index (χ3n) is 3.31. The summed E-state index contributed by atoms with van der Waals surface area (Å²) in [5.41, 5.74) is 0.384. The third kappa shape index (κ3) is 4.94. The summed E-state index contributed by atoms with van der Waals surface area (Å²) in [5.74, 6) is -1.47. The van der Waals surface area contributed by atoms with Gasteiger partial charge >= 0.3 is 0 Å². The fraction of sp³-hybridized carbons (Fsp3) is 0.222. The zero-order valence-corrected chi connectivity index (χ0v) is 15.4. The van der Waals surface area contributed by atoms with Gasteiger partial charge in [-0.25, -0.2) is 4.39 Å². The molecule has 0 aliphatic carbocycles. The summed E-state index contributed by atoms with van der Waals surface area (Å²) >= 11 is 11.6. The molecule has 0 atom stereocenters. The largest absolute Gasteiger partial charge is 0.326 e. The van der Waals surface area contributed by atoms with Gasteiger partial charge in [-0.1, -0.05) is 50.0 Å². The van der Waals surface area contributed by atoms with Crippen molar-refractivity contribution in [1.29, 1.82) is 0 Å². The minimum atomic E-state index is -0.734. The number of hydrogen-bond donors (Lipinski definition) is 2. The summed E-state index contributed by atoms with van der Waals surface area (Å²) < 4.78 is 13.6. The topological polar surface area (TPSA) is 58.2 Å². The standard InChI is InChI=1S/C18H17Cl2FN2O2/c1-18(2,3)17(25)23-11-6-4-5-10(7-11)22-16(24)12-8-15(21)14(20)9-13(12)19/h4-9H,1-3H3,(H,22,24)(H,23,25). The van der Waals surface area contributed by atoms with Gasteiger partial charge in [0.15, 0.2) is 0 Å². The molecule has 0 saturated heterocycles. The van der Waals surface area contributed by atoms with Crippen LogP contribution in [0.2, 0.25) is 10.0 Å². The molecule has 7 heteroatoms. The Labute approximate surface area is 155 Å². The molecular weight excluding hydrogens is 366 g/mol. The van der Waals surface area contributed by atoms with Gasteiger partial charge in [0.25, 0.3) is 5.91 Å². The van der Waals surface area contributed by atoms with Crippen molar-refractivity contribution < 1.29 is 14.0 Å². The van der Waals surface area contributed by atoms with Crippen LogP contribution < -0.4 is 10.6 Å². The Balaban J connectivity index is 2.18. The maximum Gasteiger partial charge on any atom is 0.257 e. The van der Waals surface area contributed by atoms with E-state index < -0.39 is 17.1 Å². The van der Waals surface area contributed by atoms with Crippen molar-refractivity contribution in [3.8, 4) is 0 Å². The fourth-order valence-electron chi connectivity index (χ4n) is 1.89. The van der Waals surface area contributed by atoms with E-state index in [2.05, 4.69) is 10.6 Å². The minimum absolute atomic E-state index is 0.0345. The summed E-state index contributed by atoms with van der Waals surface area (Å²) in [7, 11) is 0. The van der Waals surface area contributed by atoms with E-state index in [-0.39, 0.29) is 21.5 Å². The summed E-state index contributed by atoms with van der Waals surface area (Å²) in [6.45, 7) is 5.39. The van der Waals surface area contributed by atoms with E-state index in [9.17, 15) is 14.0 Å². The van der Waals surface area contributed by atoms with E-state index in [1.807, 2.05) is 0 Å². The van der Waals surface area contributed by atoms with Crippen molar-refractivity contribution in [2.75, 3.05) is 10.6 Å². The fourth-order valence-corrected chi connectivity index (χ4v) is 2.36. The van der Waals surface area contributed by atoms with Crippen molar-refractivity contribution in [1.82, 2.24) is 0 Å². The molecule has 2 amide bonds. The van der Waals surface area contributed by atoms with E-state index in [0.717, 1.165) is 6.07 Å². The summed E-state index contributed by atoms with van der Waals surface area (Å²) in [4.78, 5) is 24.3. The van der Waals surface area contributed by atoms with Gasteiger partial charge in [-0.05, 0) is 30.3 Å². The number of carbonyl (C=O) groups is 2.